The molecule has 3 rings (SSSR count). The maximum absolute atomic E-state index is 12.3. The van der Waals surface area contributed by atoms with Crippen molar-refractivity contribution in [2.45, 2.75) is 66.0 Å². The third kappa shape index (κ3) is 6.42. The maximum Gasteiger partial charge on any atom is 0.222 e. The fourth-order valence-corrected chi connectivity index (χ4v) is 4.04. The summed E-state index contributed by atoms with van der Waals surface area (Å²) in [4.78, 5) is 21.0. The summed E-state index contributed by atoms with van der Waals surface area (Å²) in [5.41, 5.74) is 3.35. The average Bonchev–Trinajstić information content (AvgIpc) is 2.77. The molecule has 1 aliphatic rings. The molecule has 2 heterocycles. The van der Waals surface area contributed by atoms with E-state index in [4.69, 9.17) is 4.74 Å². The van der Waals surface area contributed by atoms with Gasteiger partial charge in [-0.25, -0.2) is 0 Å². The number of pyridine rings is 1. The third-order valence-electron chi connectivity index (χ3n) is 5.47. The molecule has 6 heteroatoms. The van der Waals surface area contributed by atoms with E-state index in [2.05, 4.69) is 48.0 Å². The topological polar surface area (TPSA) is 45.7 Å². The van der Waals surface area contributed by atoms with Crippen LogP contribution in [0.2, 0.25) is 0 Å². The van der Waals surface area contributed by atoms with E-state index in [9.17, 15) is 9.18 Å². The lowest BCUT2D eigenvalue weighted by atomic mass is 9.95. The molecule has 2 unspecified atom stereocenters. The van der Waals surface area contributed by atoms with E-state index in [1.165, 1.54) is 12.5 Å². The summed E-state index contributed by atoms with van der Waals surface area (Å²) in [7, 11) is 0. The zero-order valence-corrected chi connectivity index (χ0v) is 19.5. The minimum absolute atomic E-state index is 0.214. The number of benzene rings is 1. The number of piperidine rings is 1. The van der Waals surface area contributed by atoms with Crippen molar-refractivity contribution in [1.82, 2.24) is 9.88 Å². The summed E-state index contributed by atoms with van der Waals surface area (Å²) < 4.78 is 16.2. The average molecular weight is 430 g/mol. The fourth-order valence-electron chi connectivity index (χ4n) is 4.04. The SMILES string of the molecule is CCF.CCOc1ccncc1N(c1ccc(C)cc1)C1CCN(C(=O)CC)C(C)C1. The molecule has 1 aromatic carbocycles. The summed E-state index contributed by atoms with van der Waals surface area (Å²) in [6, 6.07) is 11.0. The van der Waals surface area contributed by atoms with E-state index in [0.717, 1.165) is 36.5 Å². The van der Waals surface area contributed by atoms with Gasteiger partial charge >= 0.3 is 0 Å². The van der Waals surface area contributed by atoms with E-state index >= 15 is 0 Å². The van der Waals surface area contributed by atoms with Gasteiger partial charge in [0.1, 0.15) is 11.4 Å². The highest BCUT2D eigenvalue weighted by atomic mass is 19.1. The molecule has 0 radical (unpaired) electrons. The standard InChI is InChI=1S/C23H31N3O2.C2H5F/c1-5-23(27)25-14-12-20(15-18(25)4)26(19-9-7-17(3)8-10-19)21-16-24-13-11-22(21)28-6-2;1-2-3/h7-11,13,16,18,20H,5-6,12,14-15H2,1-4H3;2H2,1H3. The first-order chi connectivity index (χ1) is 15.0. The van der Waals surface area contributed by atoms with E-state index in [1.54, 1.807) is 6.20 Å². The summed E-state index contributed by atoms with van der Waals surface area (Å²) in [6.45, 7) is 10.8. The minimum atomic E-state index is -0.250. The van der Waals surface area contributed by atoms with Gasteiger partial charge in [-0.15, -0.1) is 0 Å². The molecule has 2 atom stereocenters. The van der Waals surface area contributed by atoms with E-state index in [-0.39, 0.29) is 24.7 Å². The third-order valence-corrected chi connectivity index (χ3v) is 5.47. The molecule has 1 fully saturated rings. The quantitative estimate of drug-likeness (QED) is 0.592. The summed E-state index contributed by atoms with van der Waals surface area (Å²) in [5, 5.41) is 0. The van der Waals surface area contributed by atoms with Gasteiger partial charge in [-0.05, 0) is 52.7 Å². The second-order valence-electron chi connectivity index (χ2n) is 7.72. The van der Waals surface area contributed by atoms with Crippen LogP contribution in [0.25, 0.3) is 0 Å². The van der Waals surface area contributed by atoms with Crippen molar-refractivity contribution in [2.24, 2.45) is 0 Å². The minimum Gasteiger partial charge on any atom is -0.492 e. The van der Waals surface area contributed by atoms with Crippen LogP contribution < -0.4 is 9.64 Å². The molecular weight excluding hydrogens is 393 g/mol. The number of likely N-dealkylation sites (tertiary alicyclic amines) is 1. The van der Waals surface area contributed by atoms with E-state index in [0.29, 0.717) is 13.0 Å². The molecule has 1 amide bonds. The number of rotatable bonds is 6. The van der Waals surface area contributed by atoms with E-state index < -0.39 is 0 Å². The molecule has 0 spiro atoms. The van der Waals surface area contributed by atoms with Crippen molar-refractivity contribution in [3.05, 3.63) is 48.3 Å². The van der Waals surface area contributed by atoms with Crippen LogP contribution in [0.5, 0.6) is 5.75 Å². The summed E-state index contributed by atoms with van der Waals surface area (Å²) in [5.74, 6) is 1.09. The molecule has 0 N–H and O–H groups in total. The lowest BCUT2D eigenvalue weighted by Gasteiger charge is -2.43. The Morgan fingerprint density at radius 3 is 2.48 bits per heavy atom. The van der Waals surface area contributed by atoms with Crippen LogP contribution in [0.15, 0.2) is 42.7 Å². The molecule has 5 nitrogen and oxygen atoms in total. The maximum atomic E-state index is 12.3. The molecule has 1 aromatic heterocycles. The Bertz CT molecular complexity index is 813. The molecule has 0 saturated carbocycles. The Morgan fingerprint density at radius 1 is 1.23 bits per heavy atom. The zero-order chi connectivity index (χ0) is 22.8. The Balaban J connectivity index is 0.00000107. The molecule has 1 saturated heterocycles. The van der Waals surface area contributed by atoms with Crippen LogP contribution in [-0.4, -0.2) is 47.7 Å². The smallest absolute Gasteiger partial charge is 0.222 e. The second-order valence-corrected chi connectivity index (χ2v) is 7.72. The first-order valence-electron chi connectivity index (χ1n) is 11.2. The number of halogens is 1. The van der Waals surface area contributed by atoms with Gasteiger partial charge in [0.25, 0.3) is 0 Å². The van der Waals surface area contributed by atoms with Crippen LogP contribution in [0, 0.1) is 6.92 Å². The molecular formula is C25H36FN3O2. The van der Waals surface area contributed by atoms with Gasteiger partial charge in [0.2, 0.25) is 5.91 Å². The number of hydrogen-bond acceptors (Lipinski definition) is 4. The number of amides is 1. The number of carbonyl (C=O) groups excluding carboxylic acids is 1. The zero-order valence-electron chi connectivity index (χ0n) is 19.5. The van der Waals surface area contributed by atoms with Gasteiger partial charge in [0.05, 0.1) is 19.5 Å². The first-order valence-corrected chi connectivity index (χ1v) is 11.2. The Labute approximate surface area is 186 Å². The summed E-state index contributed by atoms with van der Waals surface area (Å²) in [6.07, 6.45) is 6.06. The number of alkyl halides is 1. The molecule has 170 valence electrons. The lowest BCUT2D eigenvalue weighted by Crippen LogP contribution is -2.50. The molecule has 0 aliphatic carbocycles. The number of hydrogen-bond donors (Lipinski definition) is 0. The van der Waals surface area contributed by atoms with Crippen molar-refractivity contribution in [3.8, 4) is 5.75 Å². The van der Waals surface area contributed by atoms with Crippen LogP contribution in [0.3, 0.4) is 0 Å². The van der Waals surface area contributed by atoms with Gasteiger partial charge in [-0.1, -0.05) is 24.6 Å². The van der Waals surface area contributed by atoms with Crippen molar-refractivity contribution in [1.29, 1.82) is 0 Å². The van der Waals surface area contributed by atoms with Crippen LogP contribution in [0.1, 0.15) is 52.5 Å². The molecule has 31 heavy (non-hydrogen) atoms. The van der Waals surface area contributed by atoms with Gasteiger partial charge in [-0.2, -0.15) is 0 Å². The van der Waals surface area contributed by atoms with Crippen LogP contribution in [0.4, 0.5) is 15.8 Å². The van der Waals surface area contributed by atoms with Crippen LogP contribution >= 0.6 is 0 Å². The number of nitrogens with zero attached hydrogens (tertiary/aromatic N) is 3. The number of carbonyl (C=O) groups is 1. The predicted molar refractivity (Wildman–Crippen MR) is 125 cm³/mol. The van der Waals surface area contributed by atoms with E-state index in [1.807, 2.05) is 31.0 Å². The highest BCUT2D eigenvalue weighted by Gasteiger charge is 2.33. The lowest BCUT2D eigenvalue weighted by molar-refractivity contribution is -0.134. The van der Waals surface area contributed by atoms with Gasteiger partial charge in [-0.3, -0.25) is 14.2 Å². The Morgan fingerprint density at radius 2 is 1.90 bits per heavy atom. The number of ether oxygens (including phenoxy) is 1. The van der Waals surface area contributed by atoms with Gasteiger partial charge < -0.3 is 14.5 Å². The van der Waals surface area contributed by atoms with Crippen molar-refractivity contribution in [2.75, 3.05) is 24.7 Å². The normalized spacial score (nSPS) is 18.1. The molecule has 0 bridgehead atoms. The molecule has 2 aromatic rings. The number of anilines is 2. The highest BCUT2D eigenvalue weighted by molar-refractivity contribution is 5.76. The van der Waals surface area contributed by atoms with Crippen molar-refractivity contribution < 1.29 is 13.9 Å². The largest absolute Gasteiger partial charge is 0.492 e. The Hall–Kier alpha value is -2.63. The van der Waals surface area contributed by atoms with Crippen molar-refractivity contribution >= 4 is 17.3 Å². The Kier molecular flexibility index (Phi) is 9.76. The fraction of sp³-hybridized carbons (Fsp3) is 0.520. The van der Waals surface area contributed by atoms with Gasteiger partial charge in [0.15, 0.2) is 0 Å². The first kappa shape index (κ1) is 24.6. The monoisotopic (exact) mass is 429 g/mol. The summed E-state index contributed by atoms with van der Waals surface area (Å²) >= 11 is 0. The predicted octanol–water partition coefficient (Wildman–Crippen LogP) is 5.69. The van der Waals surface area contributed by atoms with Crippen LogP contribution in [-0.2, 0) is 4.79 Å². The number of aryl methyl sites for hydroxylation is 1. The van der Waals surface area contributed by atoms with Gasteiger partial charge in [0, 0.05) is 43.0 Å². The molecule has 1 aliphatic heterocycles. The van der Waals surface area contributed by atoms with Crippen molar-refractivity contribution in [3.63, 3.8) is 0 Å². The highest BCUT2D eigenvalue weighted by Crippen LogP contribution is 2.38. The second kappa shape index (κ2) is 12.3. The number of aromatic nitrogens is 1.